The van der Waals surface area contributed by atoms with E-state index in [4.69, 9.17) is 21.8 Å². The number of aryl methyl sites for hydroxylation is 1. The van der Waals surface area contributed by atoms with Gasteiger partial charge in [-0.15, -0.1) is 0 Å². The van der Waals surface area contributed by atoms with Gasteiger partial charge in [0.1, 0.15) is 6.54 Å². The number of H-pyrrole nitrogens is 1. The quantitative estimate of drug-likeness (QED) is 0.641. The Labute approximate surface area is 144 Å². The SMILES string of the molecule is Cc1ccc(-c2n[nH]c(=S)n2CC(=O)NOC2CCCCO2)cc1. The largest absolute Gasteiger partial charge is 0.350 e. The van der Waals surface area contributed by atoms with Gasteiger partial charge in [0.05, 0.1) is 0 Å². The number of hydroxylamine groups is 1. The molecule has 128 valence electrons. The summed E-state index contributed by atoms with van der Waals surface area (Å²) in [4.78, 5) is 17.4. The van der Waals surface area contributed by atoms with Crippen molar-refractivity contribution < 1.29 is 14.4 Å². The van der Waals surface area contributed by atoms with Crippen molar-refractivity contribution in [2.45, 2.75) is 39.0 Å². The van der Waals surface area contributed by atoms with Crippen molar-refractivity contribution in [1.29, 1.82) is 0 Å². The third kappa shape index (κ3) is 4.08. The molecule has 1 fully saturated rings. The summed E-state index contributed by atoms with van der Waals surface area (Å²) in [6.45, 7) is 2.69. The number of nitrogens with one attached hydrogen (secondary N) is 2. The Balaban J connectivity index is 1.66. The van der Waals surface area contributed by atoms with Crippen molar-refractivity contribution in [1.82, 2.24) is 20.2 Å². The molecule has 1 aliphatic heterocycles. The highest BCUT2D eigenvalue weighted by Gasteiger charge is 2.17. The van der Waals surface area contributed by atoms with Gasteiger partial charge in [-0.25, -0.2) is 10.3 Å². The van der Waals surface area contributed by atoms with Crippen LogP contribution in [-0.2, 0) is 20.9 Å². The van der Waals surface area contributed by atoms with Crippen LogP contribution in [0.2, 0.25) is 0 Å². The zero-order valence-corrected chi connectivity index (χ0v) is 14.3. The standard InChI is InChI=1S/C16H20N4O3S/c1-11-5-7-12(8-6-11)15-17-18-16(24)20(15)10-13(21)19-23-14-4-2-3-9-22-14/h5-8,14H,2-4,9-10H2,1H3,(H,18,24)(H,19,21). The fraction of sp³-hybridized carbons (Fsp3) is 0.438. The van der Waals surface area contributed by atoms with E-state index in [1.807, 2.05) is 31.2 Å². The second-order valence-corrected chi connectivity index (χ2v) is 6.13. The Morgan fingerprint density at radius 2 is 2.25 bits per heavy atom. The van der Waals surface area contributed by atoms with Crippen molar-refractivity contribution in [3.05, 3.63) is 34.6 Å². The Kier molecular flexibility index (Phi) is 5.39. The maximum absolute atomic E-state index is 12.1. The second kappa shape index (κ2) is 7.69. The van der Waals surface area contributed by atoms with Crippen molar-refractivity contribution in [3.8, 4) is 11.4 Å². The Bertz CT molecular complexity index is 747. The number of amides is 1. The third-order valence-corrected chi connectivity index (χ3v) is 4.12. The summed E-state index contributed by atoms with van der Waals surface area (Å²) < 4.78 is 7.43. The monoisotopic (exact) mass is 348 g/mol. The second-order valence-electron chi connectivity index (χ2n) is 5.74. The number of carbonyl (C=O) groups is 1. The van der Waals surface area contributed by atoms with Crippen LogP contribution >= 0.6 is 12.2 Å². The molecule has 0 saturated carbocycles. The predicted octanol–water partition coefficient (Wildman–Crippen LogP) is 2.49. The van der Waals surface area contributed by atoms with Gasteiger partial charge in [0.2, 0.25) is 0 Å². The molecule has 0 spiro atoms. The topological polar surface area (TPSA) is 81.2 Å². The van der Waals surface area contributed by atoms with Gasteiger partial charge in [0, 0.05) is 18.6 Å². The molecule has 3 rings (SSSR count). The summed E-state index contributed by atoms with van der Waals surface area (Å²) in [5.74, 6) is 0.305. The van der Waals surface area contributed by atoms with E-state index in [1.54, 1.807) is 4.57 Å². The molecule has 8 heteroatoms. The first-order valence-electron chi connectivity index (χ1n) is 7.92. The van der Waals surface area contributed by atoms with E-state index in [2.05, 4.69) is 15.7 Å². The maximum atomic E-state index is 12.1. The van der Waals surface area contributed by atoms with Crippen LogP contribution in [-0.4, -0.2) is 33.6 Å². The van der Waals surface area contributed by atoms with Crippen LogP contribution in [0.15, 0.2) is 24.3 Å². The van der Waals surface area contributed by atoms with E-state index >= 15 is 0 Å². The van der Waals surface area contributed by atoms with E-state index in [0.29, 0.717) is 17.2 Å². The molecule has 1 amide bonds. The van der Waals surface area contributed by atoms with Crippen molar-refractivity contribution in [3.63, 3.8) is 0 Å². The van der Waals surface area contributed by atoms with Crippen LogP contribution in [0.5, 0.6) is 0 Å². The van der Waals surface area contributed by atoms with Crippen molar-refractivity contribution in [2.75, 3.05) is 6.61 Å². The summed E-state index contributed by atoms with van der Waals surface area (Å²) in [6.07, 6.45) is 2.46. The minimum Gasteiger partial charge on any atom is -0.350 e. The number of nitrogens with zero attached hydrogens (tertiary/aromatic N) is 2. The van der Waals surface area contributed by atoms with Gasteiger partial charge in [-0.05, 0) is 32.0 Å². The summed E-state index contributed by atoms with van der Waals surface area (Å²) in [7, 11) is 0. The number of aromatic amines is 1. The van der Waals surface area contributed by atoms with Gasteiger partial charge in [-0.1, -0.05) is 29.8 Å². The molecule has 1 saturated heterocycles. The molecule has 1 aromatic heterocycles. The van der Waals surface area contributed by atoms with Gasteiger partial charge < -0.3 is 4.74 Å². The van der Waals surface area contributed by atoms with Gasteiger partial charge in [-0.3, -0.25) is 14.5 Å². The normalized spacial score (nSPS) is 17.6. The highest BCUT2D eigenvalue weighted by molar-refractivity contribution is 7.71. The Hall–Kier alpha value is -2.03. The predicted molar refractivity (Wildman–Crippen MR) is 90.4 cm³/mol. The number of hydrogen-bond acceptors (Lipinski definition) is 5. The van der Waals surface area contributed by atoms with Crippen molar-refractivity contribution >= 4 is 18.1 Å². The minimum absolute atomic E-state index is 0.0191. The molecule has 24 heavy (non-hydrogen) atoms. The number of aromatic nitrogens is 3. The number of ether oxygens (including phenoxy) is 1. The van der Waals surface area contributed by atoms with Crippen LogP contribution in [0, 0.1) is 11.7 Å². The summed E-state index contributed by atoms with van der Waals surface area (Å²) in [6, 6.07) is 7.87. The van der Waals surface area contributed by atoms with E-state index in [9.17, 15) is 4.79 Å². The molecule has 1 aromatic carbocycles. The first kappa shape index (κ1) is 16.8. The average molecular weight is 348 g/mol. The fourth-order valence-electron chi connectivity index (χ4n) is 2.50. The molecule has 2 N–H and O–H groups in total. The molecular formula is C16H20N4O3S. The smallest absolute Gasteiger partial charge is 0.263 e. The molecule has 1 unspecified atom stereocenters. The molecular weight excluding hydrogens is 328 g/mol. The summed E-state index contributed by atoms with van der Waals surface area (Å²) in [5, 5.41) is 6.95. The molecule has 0 aliphatic carbocycles. The van der Waals surface area contributed by atoms with Crippen LogP contribution in [0.1, 0.15) is 24.8 Å². The fourth-order valence-corrected chi connectivity index (χ4v) is 2.70. The third-order valence-electron chi connectivity index (χ3n) is 3.81. The lowest BCUT2D eigenvalue weighted by Gasteiger charge is -2.22. The molecule has 0 radical (unpaired) electrons. The van der Waals surface area contributed by atoms with Crippen molar-refractivity contribution in [2.24, 2.45) is 0 Å². The first-order chi connectivity index (χ1) is 11.6. The first-order valence-corrected chi connectivity index (χ1v) is 8.32. The van der Waals surface area contributed by atoms with Crippen LogP contribution in [0.25, 0.3) is 11.4 Å². The Morgan fingerprint density at radius 1 is 1.46 bits per heavy atom. The van der Waals surface area contributed by atoms with Crippen LogP contribution in [0.4, 0.5) is 0 Å². The number of carbonyl (C=O) groups excluding carboxylic acids is 1. The maximum Gasteiger partial charge on any atom is 0.263 e. The highest BCUT2D eigenvalue weighted by Crippen LogP contribution is 2.18. The van der Waals surface area contributed by atoms with Crippen LogP contribution in [0.3, 0.4) is 0 Å². The lowest BCUT2D eigenvalue weighted by molar-refractivity contribution is -0.200. The molecule has 0 bridgehead atoms. The zero-order valence-electron chi connectivity index (χ0n) is 13.4. The zero-order chi connectivity index (χ0) is 16.9. The van der Waals surface area contributed by atoms with Gasteiger partial charge in [0.15, 0.2) is 16.9 Å². The lowest BCUT2D eigenvalue weighted by Crippen LogP contribution is -2.35. The van der Waals surface area contributed by atoms with E-state index in [0.717, 1.165) is 30.4 Å². The van der Waals surface area contributed by atoms with E-state index in [1.165, 1.54) is 0 Å². The van der Waals surface area contributed by atoms with E-state index < -0.39 is 0 Å². The molecule has 1 aliphatic rings. The minimum atomic E-state index is -0.378. The number of hydrogen-bond donors (Lipinski definition) is 2. The molecule has 7 nitrogen and oxygen atoms in total. The number of benzene rings is 1. The molecule has 2 heterocycles. The van der Waals surface area contributed by atoms with Gasteiger partial charge in [0.25, 0.3) is 5.91 Å². The molecule has 1 atom stereocenters. The summed E-state index contributed by atoms with van der Waals surface area (Å²) >= 11 is 5.23. The van der Waals surface area contributed by atoms with Gasteiger partial charge >= 0.3 is 0 Å². The lowest BCUT2D eigenvalue weighted by atomic mass is 10.1. The highest BCUT2D eigenvalue weighted by atomic mass is 32.1. The summed E-state index contributed by atoms with van der Waals surface area (Å²) in [5.41, 5.74) is 4.47. The number of rotatable bonds is 5. The average Bonchev–Trinajstić information content (AvgIpc) is 2.95. The Morgan fingerprint density at radius 3 is 2.96 bits per heavy atom. The van der Waals surface area contributed by atoms with Gasteiger partial charge in [-0.2, -0.15) is 5.10 Å². The van der Waals surface area contributed by atoms with E-state index in [-0.39, 0.29) is 18.7 Å². The van der Waals surface area contributed by atoms with Crippen LogP contribution < -0.4 is 5.48 Å². The molecule has 2 aromatic rings.